The molecule has 0 radical (unpaired) electrons. The van der Waals surface area contributed by atoms with E-state index in [2.05, 4.69) is 4.90 Å². The number of nitrogens with zero attached hydrogens (tertiary/aromatic N) is 1. The van der Waals surface area contributed by atoms with E-state index < -0.39 is 29.2 Å². The standard InChI is InChI=1S/C18H22F2N2O3/c19-13-6-3-7-14(20)16(13)17(23)21-18(24)25-11-12-5-4-10-22-9-2-1-8-15(12)22/h3,6-7,12,15H,1-2,4-5,8-11H2,(H,21,23,24)/t12-,15+/m0/s1. The molecule has 0 unspecified atom stereocenters. The summed E-state index contributed by atoms with van der Waals surface area (Å²) >= 11 is 0. The summed E-state index contributed by atoms with van der Waals surface area (Å²) in [5.74, 6) is -2.94. The van der Waals surface area contributed by atoms with Gasteiger partial charge in [0.05, 0.1) is 6.61 Å². The third-order valence-electron chi connectivity index (χ3n) is 5.06. The maximum atomic E-state index is 13.6. The number of hydrogen-bond acceptors (Lipinski definition) is 4. The Hall–Kier alpha value is -2.02. The highest BCUT2D eigenvalue weighted by atomic mass is 19.1. The van der Waals surface area contributed by atoms with E-state index in [0.717, 1.165) is 50.6 Å². The highest BCUT2D eigenvalue weighted by Gasteiger charge is 2.33. The van der Waals surface area contributed by atoms with Crippen molar-refractivity contribution in [1.29, 1.82) is 0 Å². The summed E-state index contributed by atoms with van der Waals surface area (Å²) in [4.78, 5) is 26.2. The molecule has 0 saturated carbocycles. The SMILES string of the molecule is O=C(NC(=O)c1c(F)cccc1F)OC[C@@H]1CCCN2CCCC[C@H]12. The molecule has 2 aliphatic heterocycles. The molecule has 0 spiro atoms. The summed E-state index contributed by atoms with van der Waals surface area (Å²) in [5, 5.41) is 1.90. The van der Waals surface area contributed by atoms with Crippen LogP contribution in [0.2, 0.25) is 0 Å². The van der Waals surface area contributed by atoms with Crippen molar-refractivity contribution < 1.29 is 23.1 Å². The van der Waals surface area contributed by atoms with Gasteiger partial charge in [0, 0.05) is 12.0 Å². The monoisotopic (exact) mass is 352 g/mol. The van der Waals surface area contributed by atoms with E-state index in [1.165, 1.54) is 12.8 Å². The van der Waals surface area contributed by atoms with E-state index in [9.17, 15) is 18.4 Å². The molecule has 1 N–H and O–H groups in total. The van der Waals surface area contributed by atoms with Crippen molar-refractivity contribution in [1.82, 2.24) is 10.2 Å². The smallest absolute Gasteiger partial charge is 0.414 e. The molecule has 2 fully saturated rings. The molecule has 2 atom stereocenters. The zero-order valence-corrected chi connectivity index (χ0v) is 14.0. The van der Waals surface area contributed by atoms with Crippen LogP contribution in [0.3, 0.4) is 0 Å². The molecule has 2 saturated heterocycles. The minimum atomic E-state index is -1.14. The number of carbonyl (C=O) groups excluding carboxylic acids is 2. The molecule has 0 aliphatic carbocycles. The van der Waals surface area contributed by atoms with Crippen LogP contribution in [0.5, 0.6) is 0 Å². The fourth-order valence-electron chi connectivity index (χ4n) is 3.86. The highest BCUT2D eigenvalue weighted by Crippen LogP contribution is 2.30. The van der Waals surface area contributed by atoms with Gasteiger partial charge in [-0.2, -0.15) is 0 Å². The zero-order valence-electron chi connectivity index (χ0n) is 14.0. The number of imide groups is 1. The van der Waals surface area contributed by atoms with Gasteiger partial charge in [0.1, 0.15) is 17.2 Å². The summed E-state index contributed by atoms with van der Waals surface area (Å²) < 4.78 is 32.3. The van der Waals surface area contributed by atoms with Gasteiger partial charge in [-0.15, -0.1) is 0 Å². The molecule has 136 valence electrons. The Morgan fingerprint density at radius 3 is 2.60 bits per heavy atom. The fourth-order valence-corrected chi connectivity index (χ4v) is 3.86. The molecule has 0 bridgehead atoms. The van der Waals surface area contributed by atoms with Crippen LogP contribution in [0.15, 0.2) is 18.2 Å². The second kappa shape index (κ2) is 7.91. The molecule has 3 rings (SSSR count). The van der Waals surface area contributed by atoms with Crippen LogP contribution >= 0.6 is 0 Å². The Morgan fingerprint density at radius 1 is 1.12 bits per heavy atom. The van der Waals surface area contributed by atoms with Crippen molar-refractivity contribution >= 4 is 12.0 Å². The van der Waals surface area contributed by atoms with Crippen LogP contribution in [0, 0.1) is 17.6 Å². The molecule has 1 aromatic rings. The van der Waals surface area contributed by atoms with Gasteiger partial charge in [-0.25, -0.2) is 13.6 Å². The van der Waals surface area contributed by atoms with Crippen molar-refractivity contribution in [2.24, 2.45) is 5.92 Å². The molecule has 5 nitrogen and oxygen atoms in total. The Bertz CT molecular complexity index is 631. The number of halogens is 2. The Balaban J connectivity index is 1.53. The fraction of sp³-hybridized carbons (Fsp3) is 0.556. The lowest BCUT2D eigenvalue weighted by Gasteiger charge is -2.44. The van der Waals surface area contributed by atoms with Gasteiger partial charge in [-0.1, -0.05) is 12.5 Å². The molecule has 7 heteroatoms. The predicted molar refractivity (Wildman–Crippen MR) is 87.1 cm³/mol. The van der Waals surface area contributed by atoms with Gasteiger partial charge in [0.15, 0.2) is 0 Å². The molecular weight excluding hydrogens is 330 g/mol. The van der Waals surface area contributed by atoms with E-state index in [0.29, 0.717) is 6.04 Å². The van der Waals surface area contributed by atoms with Crippen LogP contribution < -0.4 is 5.32 Å². The van der Waals surface area contributed by atoms with Crippen LogP contribution in [-0.2, 0) is 4.74 Å². The van der Waals surface area contributed by atoms with Crippen LogP contribution in [-0.4, -0.2) is 42.6 Å². The summed E-state index contributed by atoms with van der Waals surface area (Å²) in [5.41, 5.74) is -0.782. The van der Waals surface area contributed by atoms with Crippen molar-refractivity contribution in [2.75, 3.05) is 19.7 Å². The summed E-state index contributed by atoms with van der Waals surface area (Å²) in [6.45, 7) is 2.37. The number of carbonyl (C=O) groups is 2. The largest absolute Gasteiger partial charge is 0.449 e. The van der Waals surface area contributed by atoms with Gasteiger partial charge in [0.25, 0.3) is 5.91 Å². The number of ether oxygens (including phenoxy) is 1. The molecular formula is C18H22F2N2O3. The highest BCUT2D eigenvalue weighted by molar-refractivity contribution is 6.03. The molecule has 2 aliphatic rings. The normalized spacial score (nSPS) is 23.6. The van der Waals surface area contributed by atoms with E-state index in [-0.39, 0.29) is 12.5 Å². The quantitative estimate of drug-likeness (QED) is 0.908. The zero-order chi connectivity index (χ0) is 17.8. The number of piperidine rings is 2. The Kier molecular flexibility index (Phi) is 5.63. The first-order valence-corrected chi connectivity index (χ1v) is 8.72. The van der Waals surface area contributed by atoms with Crippen molar-refractivity contribution in [3.05, 3.63) is 35.4 Å². The number of hydrogen-bond donors (Lipinski definition) is 1. The second-order valence-electron chi connectivity index (χ2n) is 6.65. The third-order valence-corrected chi connectivity index (χ3v) is 5.06. The van der Waals surface area contributed by atoms with Gasteiger partial charge in [-0.05, 0) is 50.9 Å². The number of amides is 2. The van der Waals surface area contributed by atoms with Crippen LogP contribution in [0.25, 0.3) is 0 Å². The topological polar surface area (TPSA) is 58.6 Å². The summed E-state index contributed by atoms with van der Waals surface area (Å²) in [6.07, 6.45) is 4.54. The maximum Gasteiger partial charge on any atom is 0.414 e. The second-order valence-corrected chi connectivity index (χ2v) is 6.65. The predicted octanol–water partition coefficient (Wildman–Crippen LogP) is 3.10. The van der Waals surface area contributed by atoms with Crippen molar-refractivity contribution in [2.45, 2.75) is 38.1 Å². The number of fused-ring (bicyclic) bond motifs is 1. The minimum Gasteiger partial charge on any atom is -0.449 e. The molecule has 2 heterocycles. The van der Waals surface area contributed by atoms with Crippen LogP contribution in [0.4, 0.5) is 13.6 Å². The van der Waals surface area contributed by atoms with Gasteiger partial charge in [-0.3, -0.25) is 15.0 Å². The van der Waals surface area contributed by atoms with E-state index in [4.69, 9.17) is 4.74 Å². The lowest BCUT2D eigenvalue weighted by atomic mass is 9.84. The minimum absolute atomic E-state index is 0.208. The number of alkyl carbamates (subject to hydrolysis) is 1. The number of benzene rings is 1. The van der Waals surface area contributed by atoms with Gasteiger partial charge < -0.3 is 4.74 Å². The first-order chi connectivity index (χ1) is 12.1. The van der Waals surface area contributed by atoms with Crippen LogP contribution in [0.1, 0.15) is 42.5 Å². The first-order valence-electron chi connectivity index (χ1n) is 8.72. The summed E-state index contributed by atoms with van der Waals surface area (Å²) in [6, 6.07) is 3.49. The molecule has 0 aromatic heterocycles. The number of nitrogens with one attached hydrogen (secondary N) is 1. The molecule has 1 aromatic carbocycles. The van der Waals surface area contributed by atoms with E-state index >= 15 is 0 Å². The summed E-state index contributed by atoms with van der Waals surface area (Å²) in [7, 11) is 0. The third kappa shape index (κ3) is 4.15. The lowest BCUT2D eigenvalue weighted by molar-refractivity contribution is 0.0234. The van der Waals surface area contributed by atoms with E-state index in [1.807, 2.05) is 5.32 Å². The lowest BCUT2D eigenvalue weighted by Crippen LogP contribution is -2.49. The van der Waals surface area contributed by atoms with Gasteiger partial charge >= 0.3 is 6.09 Å². The van der Waals surface area contributed by atoms with Crippen molar-refractivity contribution in [3.8, 4) is 0 Å². The Labute approximate surface area is 145 Å². The van der Waals surface area contributed by atoms with Crippen molar-refractivity contribution in [3.63, 3.8) is 0 Å². The number of rotatable bonds is 3. The molecule has 2 amide bonds. The average Bonchev–Trinajstić information content (AvgIpc) is 2.59. The van der Waals surface area contributed by atoms with Gasteiger partial charge in [0.2, 0.25) is 0 Å². The molecule has 25 heavy (non-hydrogen) atoms. The maximum absolute atomic E-state index is 13.6. The Morgan fingerprint density at radius 2 is 1.84 bits per heavy atom. The van der Waals surface area contributed by atoms with E-state index in [1.54, 1.807) is 0 Å². The first kappa shape index (κ1) is 17.8. The average molecular weight is 352 g/mol.